The van der Waals surface area contributed by atoms with Crippen LogP contribution in [0.25, 0.3) is 11.1 Å². The third kappa shape index (κ3) is 4.50. The van der Waals surface area contributed by atoms with E-state index in [4.69, 9.17) is 4.99 Å². The van der Waals surface area contributed by atoms with Gasteiger partial charge in [0.15, 0.2) is 0 Å². The van der Waals surface area contributed by atoms with Crippen LogP contribution in [0.15, 0.2) is 77.8 Å². The van der Waals surface area contributed by atoms with Gasteiger partial charge >= 0.3 is 6.36 Å². The molecule has 0 aliphatic carbocycles. The van der Waals surface area contributed by atoms with Gasteiger partial charge in [0.05, 0.1) is 6.04 Å². The van der Waals surface area contributed by atoms with Crippen molar-refractivity contribution in [1.82, 2.24) is 0 Å². The molecular weight excluding hydrogens is 375 g/mol. The summed E-state index contributed by atoms with van der Waals surface area (Å²) in [6.07, 6.45) is -2.74. The summed E-state index contributed by atoms with van der Waals surface area (Å²) in [5.41, 5.74) is 6.48. The molecule has 0 amide bonds. The summed E-state index contributed by atoms with van der Waals surface area (Å²) in [4.78, 5) is 4.93. The van der Waals surface area contributed by atoms with E-state index >= 15 is 0 Å². The molecule has 1 heterocycles. The van der Waals surface area contributed by atoms with Crippen LogP contribution in [0.4, 0.5) is 13.2 Å². The number of aryl methyl sites for hydroxylation is 1. The number of benzene rings is 3. The molecule has 1 aliphatic rings. The molecule has 29 heavy (non-hydrogen) atoms. The molecule has 148 valence electrons. The van der Waals surface area contributed by atoms with Gasteiger partial charge in [0.25, 0.3) is 0 Å². The number of nitrogens with zero attached hydrogens (tertiary/aromatic N) is 1. The molecule has 3 aromatic rings. The highest BCUT2D eigenvalue weighted by Gasteiger charge is 2.31. The molecule has 1 aliphatic heterocycles. The predicted molar refractivity (Wildman–Crippen MR) is 108 cm³/mol. The normalized spacial score (nSPS) is 16.6. The van der Waals surface area contributed by atoms with Crippen LogP contribution in [-0.2, 0) is 0 Å². The van der Waals surface area contributed by atoms with Crippen molar-refractivity contribution in [2.75, 3.05) is 0 Å². The average molecular weight is 395 g/mol. The van der Waals surface area contributed by atoms with Crippen molar-refractivity contribution >= 4 is 5.71 Å². The summed E-state index contributed by atoms with van der Waals surface area (Å²) < 4.78 is 40.8. The standard InChI is InChI=1S/C24H20F3NO/c1-16-4-2-3-5-21(16)23-15-14-22(28-23)19-8-6-17(7-9-19)18-10-12-20(13-11-18)29-24(25,26)27/h2-13,23H,14-15H2,1H3. The van der Waals surface area contributed by atoms with Gasteiger partial charge in [-0.1, -0.05) is 60.7 Å². The molecule has 5 heteroatoms. The predicted octanol–water partition coefficient (Wildman–Crippen LogP) is 6.88. The molecule has 2 nitrogen and oxygen atoms in total. The van der Waals surface area contributed by atoms with E-state index < -0.39 is 6.36 Å². The topological polar surface area (TPSA) is 21.6 Å². The first-order chi connectivity index (χ1) is 13.9. The second kappa shape index (κ2) is 7.74. The molecule has 0 N–H and O–H groups in total. The highest BCUT2D eigenvalue weighted by atomic mass is 19.4. The van der Waals surface area contributed by atoms with Crippen LogP contribution in [0.3, 0.4) is 0 Å². The minimum atomic E-state index is -4.68. The Hall–Kier alpha value is -3.08. The van der Waals surface area contributed by atoms with Gasteiger partial charge in [-0.25, -0.2) is 0 Å². The maximum absolute atomic E-state index is 12.3. The summed E-state index contributed by atoms with van der Waals surface area (Å²) >= 11 is 0. The molecule has 0 fully saturated rings. The lowest BCUT2D eigenvalue weighted by molar-refractivity contribution is -0.274. The quantitative estimate of drug-likeness (QED) is 0.472. The van der Waals surface area contributed by atoms with Crippen LogP contribution < -0.4 is 4.74 Å². The SMILES string of the molecule is Cc1ccccc1C1CCC(c2ccc(-c3ccc(OC(F)(F)F)cc3)cc2)=N1. The Morgan fingerprint density at radius 3 is 2.03 bits per heavy atom. The van der Waals surface area contributed by atoms with Crippen LogP contribution in [-0.4, -0.2) is 12.1 Å². The van der Waals surface area contributed by atoms with Crippen molar-refractivity contribution in [1.29, 1.82) is 0 Å². The number of rotatable bonds is 4. The number of hydrogen-bond acceptors (Lipinski definition) is 2. The zero-order chi connectivity index (χ0) is 20.4. The molecule has 0 spiro atoms. The van der Waals surface area contributed by atoms with Crippen molar-refractivity contribution < 1.29 is 17.9 Å². The first kappa shape index (κ1) is 19.2. The minimum absolute atomic E-state index is 0.201. The van der Waals surface area contributed by atoms with E-state index in [-0.39, 0.29) is 11.8 Å². The van der Waals surface area contributed by atoms with Gasteiger partial charge in [-0.3, -0.25) is 4.99 Å². The molecule has 0 radical (unpaired) electrons. The van der Waals surface area contributed by atoms with Gasteiger partial charge in [0.2, 0.25) is 0 Å². The molecule has 0 saturated heterocycles. The van der Waals surface area contributed by atoms with Crippen molar-refractivity contribution in [3.05, 3.63) is 89.5 Å². The minimum Gasteiger partial charge on any atom is -0.406 e. The Morgan fingerprint density at radius 2 is 1.41 bits per heavy atom. The fourth-order valence-electron chi connectivity index (χ4n) is 3.70. The zero-order valence-electron chi connectivity index (χ0n) is 15.9. The number of hydrogen-bond donors (Lipinski definition) is 0. The van der Waals surface area contributed by atoms with Gasteiger partial charge in [-0.2, -0.15) is 0 Å². The second-order valence-corrected chi connectivity index (χ2v) is 7.14. The lowest BCUT2D eigenvalue weighted by Gasteiger charge is -2.10. The summed E-state index contributed by atoms with van der Waals surface area (Å²) in [5, 5.41) is 0. The van der Waals surface area contributed by atoms with Gasteiger partial charge in [0.1, 0.15) is 5.75 Å². The van der Waals surface area contributed by atoms with E-state index in [1.165, 1.54) is 23.3 Å². The zero-order valence-corrected chi connectivity index (χ0v) is 15.9. The summed E-state index contributed by atoms with van der Waals surface area (Å²) in [6.45, 7) is 2.11. The lowest BCUT2D eigenvalue weighted by atomic mass is 9.98. The molecule has 0 saturated carbocycles. The van der Waals surface area contributed by atoms with Crippen LogP contribution in [0.5, 0.6) is 5.75 Å². The highest BCUT2D eigenvalue weighted by Crippen LogP contribution is 2.33. The number of aliphatic imine (C=N–C) groups is 1. The Kier molecular flexibility index (Phi) is 5.14. The Balaban J connectivity index is 1.50. The van der Waals surface area contributed by atoms with Crippen LogP contribution >= 0.6 is 0 Å². The Labute approximate surface area is 167 Å². The smallest absolute Gasteiger partial charge is 0.406 e. The Bertz CT molecular complexity index is 1020. The van der Waals surface area contributed by atoms with E-state index in [1.807, 2.05) is 30.3 Å². The maximum atomic E-state index is 12.3. The summed E-state index contributed by atoms with van der Waals surface area (Å²) in [6, 6.07) is 22.4. The first-order valence-corrected chi connectivity index (χ1v) is 9.48. The molecule has 0 bridgehead atoms. The molecule has 0 aromatic heterocycles. The van der Waals surface area contributed by atoms with E-state index in [0.717, 1.165) is 35.2 Å². The van der Waals surface area contributed by atoms with Gasteiger partial charge in [0, 0.05) is 5.71 Å². The van der Waals surface area contributed by atoms with Crippen molar-refractivity contribution in [3.63, 3.8) is 0 Å². The summed E-state index contributed by atoms with van der Waals surface area (Å²) in [5.74, 6) is -0.222. The number of ether oxygens (including phenoxy) is 1. The average Bonchev–Trinajstić information content (AvgIpc) is 3.18. The largest absolute Gasteiger partial charge is 0.573 e. The fourth-order valence-corrected chi connectivity index (χ4v) is 3.70. The monoisotopic (exact) mass is 395 g/mol. The number of halogens is 3. The van der Waals surface area contributed by atoms with Gasteiger partial charge in [-0.15, -0.1) is 13.2 Å². The van der Waals surface area contributed by atoms with Crippen LogP contribution in [0.1, 0.15) is 35.6 Å². The molecular formula is C24H20F3NO. The second-order valence-electron chi connectivity index (χ2n) is 7.14. The van der Waals surface area contributed by atoms with Crippen LogP contribution in [0.2, 0.25) is 0 Å². The number of alkyl halides is 3. The van der Waals surface area contributed by atoms with Gasteiger partial charge < -0.3 is 4.74 Å². The van der Waals surface area contributed by atoms with E-state index in [1.54, 1.807) is 12.1 Å². The molecule has 1 unspecified atom stereocenters. The summed E-state index contributed by atoms with van der Waals surface area (Å²) in [7, 11) is 0. The van der Waals surface area contributed by atoms with Crippen molar-refractivity contribution in [3.8, 4) is 16.9 Å². The highest BCUT2D eigenvalue weighted by molar-refractivity contribution is 6.02. The van der Waals surface area contributed by atoms with Crippen molar-refractivity contribution in [2.45, 2.75) is 32.2 Å². The third-order valence-electron chi connectivity index (χ3n) is 5.15. The molecule has 1 atom stereocenters. The van der Waals surface area contributed by atoms with E-state index in [2.05, 4.69) is 29.9 Å². The Morgan fingerprint density at radius 1 is 0.828 bits per heavy atom. The molecule has 3 aromatic carbocycles. The first-order valence-electron chi connectivity index (χ1n) is 9.48. The van der Waals surface area contributed by atoms with E-state index in [9.17, 15) is 13.2 Å². The fraction of sp³-hybridized carbons (Fsp3) is 0.208. The van der Waals surface area contributed by atoms with Gasteiger partial charge in [-0.05, 0) is 59.7 Å². The third-order valence-corrected chi connectivity index (χ3v) is 5.15. The van der Waals surface area contributed by atoms with E-state index in [0.29, 0.717) is 0 Å². The maximum Gasteiger partial charge on any atom is 0.573 e. The van der Waals surface area contributed by atoms with Crippen molar-refractivity contribution in [2.24, 2.45) is 4.99 Å². The molecule has 4 rings (SSSR count). The van der Waals surface area contributed by atoms with Crippen LogP contribution in [0, 0.1) is 6.92 Å². The lowest BCUT2D eigenvalue weighted by Crippen LogP contribution is -2.16.